The Bertz CT molecular complexity index is 481. The first-order valence-electron chi connectivity index (χ1n) is 4.34. The number of rotatable bonds is 0. The second kappa shape index (κ2) is 3.75. The fraction of sp³-hybridized carbons (Fsp3) is 0.200. The van der Waals surface area contributed by atoms with Gasteiger partial charge >= 0.3 is 6.03 Å². The molecule has 5 heteroatoms. The van der Waals surface area contributed by atoms with Gasteiger partial charge in [0.1, 0.15) is 0 Å². The van der Waals surface area contributed by atoms with Crippen molar-refractivity contribution in [3.05, 3.63) is 21.9 Å². The minimum absolute atomic E-state index is 0.388. The second-order valence-electron chi connectivity index (χ2n) is 3.08. The maximum atomic E-state index is 11.1. The van der Waals surface area contributed by atoms with Crippen molar-refractivity contribution in [3.63, 3.8) is 0 Å². The predicted molar refractivity (Wildman–Crippen MR) is 56.4 cm³/mol. The van der Waals surface area contributed by atoms with E-state index in [0.29, 0.717) is 0 Å². The number of imide groups is 1. The first-order valence-corrected chi connectivity index (χ1v) is 5.16. The highest BCUT2D eigenvalue weighted by atomic mass is 32.1. The third-order valence-corrected chi connectivity index (χ3v) is 2.77. The monoisotopic (exact) mass is 220 g/mol. The molecule has 0 spiro atoms. The van der Waals surface area contributed by atoms with Crippen LogP contribution in [-0.2, 0) is 4.79 Å². The fourth-order valence-corrected chi connectivity index (χ4v) is 1.89. The molecule has 0 aromatic carbocycles. The molecular formula is C10H8N2O2S. The van der Waals surface area contributed by atoms with E-state index in [2.05, 4.69) is 22.5 Å². The molecule has 15 heavy (non-hydrogen) atoms. The zero-order valence-corrected chi connectivity index (χ0v) is 8.77. The van der Waals surface area contributed by atoms with Crippen LogP contribution in [0, 0.1) is 18.8 Å². The lowest BCUT2D eigenvalue weighted by Gasteiger charge is -1.93. The molecule has 1 fully saturated rings. The van der Waals surface area contributed by atoms with E-state index >= 15 is 0 Å². The maximum absolute atomic E-state index is 11.1. The van der Waals surface area contributed by atoms with Gasteiger partial charge in [0.25, 0.3) is 5.91 Å². The Kier molecular flexibility index (Phi) is 2.44. The van der Waals surface area contributed by atoms with Crippen LogP contribution in [-0.4, -0.2) is 18.0 Å². The molecule has 0 radical (unpaired) electrons. The van der Waals surface area contributed by atoms with Gasteiger partial charge in [-0.25, -0.2) is 4.79 Å². The summed E-state index contributed by atoms with van der Waals surface area (Å²) in [4.78, 5) is 23.9. The van der Waals surface area contributed by atoms with Crippen molar-refractivity contribution in [2.75, 3.05) is 0 Å². The summed E-state index contributed by atoms with van der Waals surface area (Å²) in [6.07, 6.45) is 0. The van der Waals surface area contributed by atoms with Crippen LogP contribution in [0.3, 0.4) is 0 Å². The Morgan fingerprint density at radius 2 is 2.20 bits per heavy atom. The Labute approximate surface area is 90.7 Å². The molecule has 1 aromatic rings. The molecule has 1 atom stereocenters. The Morgan fingerprint density at radius 3 is 2.73 bits per heavy atom. The summed E-state index contributed by atoms with van der Waals surface area (Å²) in [5.74, 6) is 5.17. The predicted octanol–water partition coefficient (Wildman–Crippen LogP) is 0.616. The van der Waals surface area contributed by atoms with E-state index in [1.807, 2.05) is 19.1 Å². The van der Waals surface area contributed by atoms with Gasteiger partial charge in [0.15, 0.2) is 6.04 Å². The summed E-state index contributed by atoms with van der Waals surface area (Å²) in [5, 5.41) is 4.53. The molecule has 0 bridgehead atoms. The molecule has 3 amide bonds. The van der Waals surface area contributed by atoms with Crippen LogP contribution in [0.25, 0.3) is 0 Å². The lowest BCUT2D eigenvalue weighted by atomic mass is 10.3. The van der Waals surface area contributed by atoms with E-state index in [0.717, 1.165) is 4.88 Å². The second-order valence-corrected chi connectivity index (χ2v) is 4.36. The van der Waals surface area contributed by atoms with Gasteiger partial charge < -0.3 is 5.32 Å². The van der Waals surface area contributed by atoms with Crippen molar-refractivity contribution in [2.24, 2.45) is 0 Å². The van der Waals surface area contributed by atoms with Crippen molar-refractivity contribution < 1.29 is 9.59 Å². The molecule has 1 aliphatic heterocycles. The van der Waals surface area contributed by atoms with Gasteiger partial charge in [0, 0.05) is 4.88 Å². The summed E-state index contributed by atoms with van der Waals surface area (Å²) >= 11 is 1.56. The van der Waals surface area contributed by atoms with Crippen LogP contribution >= 0.6 is 11.3 Å². The molecule has 2 heterocycles. The highest BCUT2D eigenvalue weighted by Gasteiger charge is 2.27. The molecule has 0 unspecified atom stereocenters. The van der Waals surface area contributed by atoms with Crippen LogP contribution in [0.5, 0.6) is 0 Å². The van der Waals surface area contributed by atoms with E-state index < -0.39 is 12.1 Å². The van der Waals surface area contributed by atoms with Crippen molar-refractivity contribution in [2.45, 2.75) is 13.0 Å². The minimum atomic E-state index is -0.722. The van der Waals surface area contributed by atoms with Crippen LogP contribution in [0.15, 0.2) is 12.1 Å². The highest BCUT2D eigenvalue weighted by Crippen LogP contribution is 2.13. The standard InChI is InChI=1S/C10H8N2O2S/c1-6-2-3-7(15-6)4-5-8-9(13)12-10(14)11-8/h2-3,8H,1H3,(H2,11,12,13,14)/t8-/m0/s1. The average molecular weight is 220 g/mol. The van der Waals surface area contributed by atoms with Gasteiger partial charge in [-0.3, -0.25) is 10.1 Å². The molecule has 1 aliphatic rings. The summed E-state index contributed by atoms with van der Waals surface area (Å²) in [7, 11) is 0. The van der Waals surface area contributed by atoms with Crippen molar-refractivity contribution in [1.82, 2.24) is 10.6 Å². The van der Waals surface area contributed by atoms with Gasteiger partial charge in [-0.05, 0) is 19.1 Å². The van der Waals surface area contributed by atoms with Crippen LogP contribution in [0.1, 0.15) is 9.75 Å². The number of carbonyl (C=O) groups excluding carboxylic acids is 2. The van der Waals surface area contributed by atoms with E-state index in [-0.39, 0.29) is 5.91 Å². The van der Waals surface area contributed by atoms with Crippen molar-refractivity contribution in [3.8, 4) is 11.8 Å². The van der Waals surface area contributed by atoms with E-state index in [1.54, 1.807) is 11.3 Å². The van der Waals surface area contributed by atoms with Crippen LogP contribution in [0.2, 0.25) is 0 Å². The smallest absolute Gasteiger partial charge is 0.316 e. The van der Waals surface area contributed by atoms with Gasteiger partial charge in [0.2, 0.25) is 0 Å². The number of thiophene rings is 1. The zero-order chi connectivity index (χ0) is 10.8. The zero-order valence-electron chi connectivity index (χ0n) is 7.96. The fourth-order valence-electron chi connectivity index (χ4n) is 1.16. The summed E-state index contributed by atoms with van der Waals surface area (Å²) in [6, 6.07) is 2.64. The van der Waals surface area contributed by atoms with Gasteiger partial charge in [-0.2, -0.15) is 0 Å². The summed E-state index contributed by atoms with van der Waals surface area (Å²) in [6.45, 7) is 1.99. The van der Waals surface area contributed by atoms with Crippen molar-refractivity contribution >= 4 is 23.3 Å². The number of aryl methyl sites for hydroxylation is 1. The van der Waals surface area contributed by atoms with E-state index in [4.69, 9.17) is 0 Å². The third-order valence-electron chi connectivity index (χ3n) is 1.85. The lowest BCUT2D eigenvalue weighted by molar-refractivity contribution is -0.119. The Balaban J connectivity index is 2.12. The van der Waals surface area contributed by atoms with Crippen LogP contribution < -0.4 is 10.6 Å². The number of nitrogens with one attached hydrogen (secondary N) is 2. The Hall–Kier alpha value is -1.80. The Morgan fingerprint density at radius 1 is 1.40 bits per heavy atom. The number of hydrogen-bond acceptors (Lipinski definition) is 3. The number of urea groups is 1. The first-order chi connectivity index (χ1) is 7.15. The first kappa shape index (κ1) is 9.74. The van der Waals surface area contributed by atoms with Crippen LogP contribution in [0.4, 0.5) is 4.79 Å². The van der Waals surface area contributed by atoms with E-state index in [1.165, 1.54) is 4.88 Å². The molecule has 0 aliphatic carbocycles. The molecular weight excluding hydrogens is 212 g/mol. The summed E-state index contributed by atoms with van der Waals surface area (Å²) in [5.41, 5.74) is 0. The molecule has 1 saturated heterocycles. The SMILES string of the molecule is Cc1ccc(C#C[C@@H]2NC(=O)NC2=O)s1. The van der Waals surface area contributed by atoms with E-state index in [9.17, 15) is 9.59 Å². The molecule has 1 aromatic heterocycles. The number of carbonyl (C=O) groups is 2. The average Bonchev–Trinajstić information content (AvgIpc) is 2.70. The topological polar surface area (TPSA) is 58.2 Å². The number of amides is 3. The highest BCUT2D eigenvalue weighted by molar-refractivity contribution is 7.12. The minimum Gasteiger partial charge on any atom is -0.316 e. The lowest BCUT2D eigenvalue weighted by Crippen LogP contribution is -2.26. The molecule has 76 valence electrons. The quantitative estimate of drug-likeness (QED) is 0.497. The van der Waals surface area contributed by atoms with Gasteiger partial charge in [-0.1, -0.05) is 11.8 Å². The largest absolute Gasteiger partial charge is 0.322 e. The molecule has 0 saturated carbocycles. The normalized spacial score (nSPS) is 19.1. The molecule has 2 N–H and O–H groups in total. The van der Waals surface area contributed by atoms with Gasteiger partial charge in [0.05, 0.1) is 4.88 Å². The summed E-state index contributed by atoms with van der Waals surface area (Å²) < 4.78 is 0. The third kappa shape index (κ3) is 2.17. The van der Waals surface area contributed by atoms with Crippen molar-refractivity contribution in [1.29, 1.82) is 0 Å². The molecule has 2 rings (SSSR count). The maximum Gasteiger partial charge on any atom is 0.322 e. The number of hydrogen-bond donors (Lipinski definition) is 2. The van der Waals surface area contributed by atoms with Gasteiger partial charge in [-0.15, -0.1) is 11.3 Å². The molecule has 4 nitrogen and oxygen atoms in total.